The molecule has 2 unspecified atom stereocenters. The highest BCUT2D eigenvalue weighted by atomic mass is 16.2. The number of carbonyl (C=O) groups is 1. The molecule has 0 bridgehead atoms. The molecular formula is C12H19N5O. The van der Waals surface area contributed by atoms with Crippen LogP contribution in [0.3, 0.4) is 0 Å². The second-order valence-electron chi connectivity index (χ2n) is 4.63. The zero-order valence-corrected chi connectivity index (χ0v) is 10.8. The summed E-state index contributed by atoms with van der Waals surface area (Å²) in [4.78, 5) is 22.4. The van der Waals surface area contributed by atoms with Gasteiger partial charge in [-0.2, -0.15) is 0 Å². The molecular weight excluding hydrogens is 230 g/mol. The van der Waals surface area contributed by atoms with E-state index >= 15 is 0 Å². The number of aromatic nitrogens is 2. The van der Waals surface area contributed by atoms with Gasteiger partial charge in [0.2, 0.25) is 0 Å². The maximum Gasteiger partial charge on any atom is 0.274 e. The molecule has 6 heteroatoms. The Morgan fingerprint density at radius 3 is 2.83 bits per heavy atom. The normalized spacial score (nSPS) is 23.2. The summed E-state index contributed by atoms with van der Waals surface area (Å²) in [6.45, 7) is 4.19. The van der Waals surface area contributed by atoms with Gasteiger partial charge in [0.25, 0.3) is 5.91 Å². The molecule has 1 aliphatic rings. The van der Waals surface area contributed by atoms with E-state index in [1.807, 2.05) is 4.90 Å². The van der Waals surface area contributed by atoms with Gasteiger partial charge in [-0.25, -0.2) is 15.8 Å². The molecule has 98 valence electrons. The number of hydrogen-bond donors (Lipinski definition) is 2. The molecule has 1 amide bonds. The van der Waals surface area contributed by atoms with Gasteiger partial charge in [0.05, 0.1) is 12.4 Å². The first kappa shape index (κ1) is 12.8. The number of rotatable bonds is 3. The highest BCUT2D eigenvalue weighted by molar-refractivity contribution is 5.92. The van der Waals surface area contributed by atoms with Crippen LogP contribution in [-0.4, -0.2) is 32.9 Å². The molecule has 0 radical (unpaired) electrons. The van der Waals surface area contributed by atoms with Crippen molar-refractivity contribution in [3.8, 4) is 0 Å². The fourth-order valence-corrected chi connectivity index (χ4v) is 2.48. The van der Waals surface area contributed by atoms with Crippen LogP contribution in [0.4, 0.5) is 5.82 Å². The van der Waals surface area contributed by atoms with Gasteiger partial charge >= 0.3 is 0 Å². The summed E-state index contributed by atoms with van der Waals surface area (Å²) < 4.78 is 0. The van der Waals surface area contributed by atoms with Crippen molar-refractivity contribution in [1.82, 2.24) is 14.9 Å². The van der Waals surface area contributed by atoms with Crippen LogP contribution in [-0.2, 0) is 0 Å². The minimum atomic E-state index is -0.0390. The fourth-order valence-electron chi connectivity index (χ4n) is 2.48. The van der Waals surface area contributed by atoms with E-state index < -0.39 is 0 Å². The predicted octanol–water partition coefficient (Wildman–Crippen LogP) is 1.17. The number of nitrogens with two attached hydrogens (primary N) is 1. The molecule has 1 aromatic rings. The highest BCUT2D eigenvalue weighted by Gasteiger charge is 2.34. The van der Waals surface area contributed by atoms with Crippen LogP contribution < -0.4 is 11.3 Å². The number of nitrogens with zero attached hydrogens (tertiary/aromatic N) is 3. The molecule has 0 spiro atoms. The van der Waals surface area contributed by atoms with Gasteiger partial charge < -0.3 is 10.3 Å². The lowest BCUT2D eigenvalue weighted by atomic mass is 10.1. The van der Waals surface area contributed by atoms with Crippen molar-refractivity contribution in [3.63, 3.8) is 0 Å². The Kier molecular flexibility index (Phi) is 3.76. The van der Waals surface area contributed by atoms with Gasteiger partial charge in [-0.1, -0.05) is 6.92 Å². The average molecular weight is 249 g/mol. The predicted molar refractivity (Wildman–Crippen MR) is 68.8 cm³/mol. The van der Waals surface area contributed by atoms with Crippen molar-refractivity contribution in [2.45, 2.75) is 45.2 Å². The lowest BCUT2D eigenvalue weighted by Gasteiger charge is -2.27. The van der Waals surface area contributed by atoms with Crippen molar-refractivity contribution < 1.29 is 4.79 Å². The Hall–Kier alpha value is -1.69. The van der Waals surface area contributed by atoms with Crippen molar-refractivity contribution in [3.05, 3.63) is 18.1 Å². The van der Waals surface area contributed by atoms with Gasteiger partial charge in [-0.3, -0.25) is 4.79 Å². The molecule has 1 aromatic heterocycles. The van der Waals surface area contributed by atoms with Gasteiger partial charge in [0.15, 0.2) is 5.82 Å². The molecule has 0 saturated carbocycles. The Morgan fingerprint density at radius 1 is 1.50 bits per heavy atom. The number of hydrazine groups is 1. The summed E-state index contributed by atoms with van der Waals surface area (Å²) in [6, 6.07) is 0.596. The number of likely N-dealkylation sites (tertiary alicyclic amines) is 1. The van der Waals surface area contributed by atoms with E-state index in [0.29, 0.717) is 17.6 Å². The van der Waals surface area contributed by atoms with Gasteiger partial charge in [0.1, 0.15) is 5.69 Å². The number of nitrogen functional groups attached to an aromatic ring is 1. The lowest BCUT2D eigenvalue weighted by molar-refractivity contribution is 0.0670. The van der Waals surface area contributed by atoms with E-state index in [2.05, 4.69) is 29.2 Å². The van der Waals surface area contributed by atoms with Crippen molar-refractivity contribution in [2.75, 3.05) is 5.43 Å². The van der Waals surface area contributed by atoms with E-state index in [1.54, 1.807) is 0 Å². The van der Waals surface area contributed by atoms with E-state index in [1.165, 1.54) is 12.4 Å². The zero-order valence-electron chi connectivity index (χ0n) is 10.8. The molecule has 18 heavy (non-hydrogen) atoms. The van der Waals surface area contributed by atoms with Gasteiger partial charge in [-0.15, -0.1) is 0 Å². The lowest BCUT2D eigenvalue weighted by Crippen LogP contribution is -2.40. The third-order valence-corrected chi connectivity index (χ3v) is 3.51. The molecule has 1 fully saturated rings. The van der Waals surface area contributed by atoms with E-state index in [-0.39, 0.29) is 11.9 Å². The van der Waals surface area contributed by atoms with Crippen LogP contribution >= 0.6 is 0 Å². The molecule has 2 rings (SSSR count). The second kappa shape index (κ2) is 5.30. The molecule has 1 saturated heterocycles. The largest absolute Gasteiger partial charge is 0.332 e. The SMILES string of the molecule is CCC1CCC(C)N1C(=O)c1cnc(NN)cn1. The summed E-state index contributed by atoms with van der Waals surface area (Å²) in [7, 11) is 0. The maximum atomic E-state index is 12.4. The summed E-state index contributed by atoms with van der Waals surface area (Å²) in [5.74, 6) is 5.63. The summed E-state index contributed by atoms with van der Waals surface area (Å²) in [5.41, 5.74) is 2.77. The number of anilines is 1. The molecule has 0 aliphatic carbocycles. The summed E-state index contributed by atoms with van der Waals surface area (Å²) in [5, 5.41) is 0. The summed E-state index contributed by atoms with van der Waals surface area (Å²) in [6.07, 6.45) is 6.04. The average Bonchev–Trinajstić information content (AvgIpc) is 2.79. The molecule has 0 aromatic carbocycles. The third kappa shape index (κ3) is 2.28. The first-order valence-corrected chi connectivity index (χ1v) is 6.28. The Balaban J connectivity index is 2.18. The maximum absolute atomic E-state index is 12.4. The topological polar surface area (TPSA) is 84.1 Å². The zero-order chi connectivity index (χ0) is 13.1. The Labute approximate surface area is 107 Å². The standard InChI is InChI=1S/C12H19N5O/c1-3-9-5-4-8(2)17(9)12(18)10-6-15-11(16-13)7-14-10/h6-9H,3-5,13H2,1-2H3,(H,15,16). The molecule has 1 aliphatic heterocycles. The minimum Gasteiger partial charge on any atom is -0.332 e. The van der Waals surface area contributed by atoms with Crippen LogP contribution in [0.2, 0.25) is 0 Å². The highest BCUT2D eigenvalue weighted by Crippen LogP contribution is 2.27. The number of carbonyl (C=O) groups excluding carboxylic acids is 1. The number of nitrogens with one attached hydrogen (secondary N) is 1. The van der Waals surface area contributed by atoms with Crippen LogP contribution in [0.5, 0.6) is 0 Å². The van der Waals surface area contributed by atoms with Crippen LogP contribution in [0.15, 0.2) is 12.4 Å². The monoisotopic (exact) mass is 249 g/mol. The quantitative estimate of drug-likeness (QED) is 0.620. The van der Waals surface area contributed by atoms with E-state index in [9.17, 15) is 4.79 Å². The Bertz CT molecular complexity index is 419. The van der Waals surface area contributed by atoms with E-state index in [4.69, 9.17) is 5.84 Å². The van der Waals surface area contributed by atoms with Crippen molar-refractivity contribution >= 4 is 11.7 Å². The van der Waals surface area contributed by atoms with Crippen molar-refractivity contribution in [1.29, 1.82) is 0 Å². The molecule has 2 atom stereocenters. The van der Waals surface area contributed by atoms with Crippen LogP contribution in [0.1, 0.15) is 43.6 Å². The first-order chi connectivity index (χ1) is 8.67. The minimum absolute atomic E-state index is 0.0390. The fraction of sp³-hybridized carbons (Fsp3) is 0.583. The van der Waals surface area contributed by atoms with Gasteiger partial charge in [-0.05, 0) is 26.2 Å². The third-order valence-electron chi connectivity index (χ3n) is 3.51. The molecule has 6 nitrogen and oxygen atoms in total. The number of hydrogen-bond acceptors (Lipinski definition) is 5. The summed E-state index contributed by atoms with van der Waals surface area (Å²) >= 11 is 0. The van der Waals surface area contributed by atoms with Crippen molar-refractivity contribution in [2.24, 2.45) is 5.84 Å². The van der Waals surface area contributed by atoms with Crippen LogP contribution in [0, 0.1) is 0 Å². The second-order valence-corrected chi connectivity index (χ2v) is 4.63. The molecule has 2 heterocycles. The Morgan fingerprint density at radius 2 is 2.28 bits per heavy atom. The van der Waals surface area contributed by atoms with Crippen LogP contribution in [0.25, 0.3) is 0 Å². The van der Waals surface area contributed by atoms with Gasteiger partial charge in [0, 0.05) is 12.1 Å². The molecule has 3 N–H and O–H groups in total. The van der Waals surface area contributed by atoms with E-state index in [0.717, 1.165) is 19.3 Å². The smallest absolute Gasteiger partial charge is 0.274 e. The number of amides is 1. The first-order valence-electron chi connectivity index (χ1n) is 6.28.